The summed E-state index contributed by atoms with van der Waals surface area (Å²) in [7, 11) is 1.62. The molecule has 2 heterocycles. The van der Waals surface area contributed by atoms with Gasteiger partial charge < -0.3 is 10.6 Å². The zero-order valence-electron chi connectivity index (χ0n) is 8.97. The van der Waals surface area contributed by atoms with Crippen LogP contribution in [-0.2, 0) is 4.79 Å². The third kappa shape index (κ3) is 2.28. The van der Waals surface area contributed by atoms with Gasteiger partial charge in [-0.25, -0.2) is 9.50 Å². The molecule has 0 saturated heterocycles. The van der Waals surface area contributed by atoms with Gasteiger partial charge in [-0.1, -0.05) is 0 Å². The van der Waals surface area contributed by atoms with E-state index in [1.54, 1.807) is 17.8 Å². The Morgan fingerprint density at radius 3 is 3.19 bits per heavy atom. The maximum absolute atomic E-state index is 11.0. The second-order valence-corrected chi connectivity index (χ2v) is 3.30. The fourth-order valence-corrected chi connectivity index (χ4v) is 1.34. The highest BCUT2D eigenvalue weighted by Crippen LogP contribution is 2.05. The Balaban J connectivity index is 1.96. The van der Waals surface area contributed by atoms with Gasteiger partial charge in [0.1, 0.15) is 5.82 Å². The summed E-state index contributed by atoms with van der Waals surface area (Å²) in [5, 5.41) is 9.69. The fourth-order valence-electron chi connectivity index (χ4n) is 1.34. The molecule has 2 aromatic rings. The maximum atomic E-state index is 11.0. The first kappa shape index (κ1) is 10.4. The smallest absolute Gasteiger partial charge is 0.221 e. The topological polar surface area (TPSA) is 71.3 Å². The number of nitrogens with one attached hydrogen (secondary N) is 2. The van der Waals surface area contributed by atoms with E-state index in [4.69, 9.17) is 0 Å². The van der Waals surface area contributed by atoms with E-state index in [1.165, 1.54) is 0 Å². The minimum atomic E-state index is 0.0120. The van der Waals surface area contributed by atoms with Gasteiger partial charge in [0.05, 0.1) is 6.20 Å². The third-order valence-corrected chi connectivity index (χ3v) is 2.20. The average Bonchev–Trinajstić information content (AvgIpc) is 2.76. The van der Waals surface area contributed by atoms with Crippen LogP contribution in [0.2, 0.25) is 0 Å². The van der Waals surface area contributed by atoms with E-state index in [0.29, 0.717) is 13.0 Å². The highest BCUT2D eigenvalue weighted by molar-refractivity contribution is 5.76. The van der Waals surface area contributed by atoms with E-state index in [0.717, 1.165) is 11.5 Å². The van der Waals surface area contributed by atoms with Crippen LogP contribution in [0.4, 0.5) is 5.82 Å². The van der Waals surface area contributed by atoms with Crippen LogP contribution in [0.15, 0.2) is 24.5 Å². The van der Waals surface area contributed by atoms with Gasteiger partial charge in [0.2, 0.25) is 5.91 Å². The molecule has 0 atom stereocenters. The number of carbonyl (C=O) groups excluding carboxylic acids is 1. The van der Waals surface area contributed by atoms with Crippen molar-refractivity contribution in [3.05, 3.63) is 24.5 Å². The van der Waals surface area contributed by atoms with Crippen molar-refractivity contribution in [3.63, 3.8) is 0 Å². The monoisotopic (exact) mass is 219 g/mol. The van der Waals surface area contributed by atoms with Crippen molar-refractivity contribution in [2.45, 2.75) is 6.42 Å². The van der Waals surface area contributed by atoms with Crippen LogP contribution >= 0.6 is 0 Å². The molecule has 2 rings (SSSR count). The summed E-state index contributed by atoms with van der Waals surface area (Å²) in [6.45, 7) is 0.566. The molecule has 0 radical (unpaired) electrons. The third-order valence-electron chi connectivity index (χ3n) is 2.20. The molecule has 0 fully saturated rings. The molecule has 2 aromatic heterocycles. The molecule has 1 amide bonds. The van der Waals surface area contributed by atoms with Crippen molar-refractivity contribution in [2.24, 2.45) is 0 Å². The van der Waals surface area contributed by atoms with E-state index >= 15 is 0 Å². The first-order valence-electron chi connectivity index (χ1n) is 5.04. The predicted molar refractivity (Wildman–Crippen MR) is 60.2 cm³/mol. The Kier molecular flexibility index (Phi) is 3.00. The largest absolute Gasteiger partial charge is 0.369 e. The second kappa shape index (κ2) is 4.61. The lowest BCUT2D eigenvalue weighted by atomic mass is 10.4. The minimum absolute atomic E-state index is 0.0120. The van der Waals surface area contributed by atoms with Gasteiger partial charge in [0, 0.05) is 32.3 Å². The lowest BCUT2D eigenvalue weighted by Crippen LogP contribution is -2.21. The van der Waals surface area contributed by atoms with Crippen LogP contribution in [0.3, 0.4) is 0 Å². The van der Waals surface area contributed by atoms with Crippen molar-refractivity contribution in [1.29, 1.82) is 0 Å². The lowest BCUT2D eigenvalue weighted by Gasteiger charge is -2.04. The molecule has 6 heteroatoms. The number of hydrogen-bond acceptors (Lipinski definition) is 4. The molecular weight excluding hydrogens is 206 g/mol. The first-order chi connectivity index (χ1) is 7.79. The molecule has 0 bridgehead atoms. The highest BCUT2D eigenvalue weighted by atomic mass is 16.1. The normalized spacial score (nSPS) is 10.3. The standard InChI is InChI=1S/C10H13N5O/c1-11-10(16)3-5-12-8-4-7-15-9(14-8)2-6-13-15/h2,4,6-7H,3,5H2,1H3,(H,11,16)(H,12,14). The Hall–Kier alpha value is -2.11. The SMILES string of the molecule is CNC(=O)CCNc1ccn2nccc2n1. The summed E-state index contributed by atoms with van der Waals surface area (Å²) >= 11 is 0. The maximum Gasteiger partial charge on any atom is 0.221 e. The van der Waals surface area contributed by atoms with Crippen LogP contribution in [-0.4, -0.2) is 34.1 Å². The molecule has 0 aliphatic carbocycles. The fraction of sp³-hybridized carbons (Fsp3) is 0.300. The lowest BCUT2D eigenvalue weighted by molar-refractivity contribution is -0.120. The number of nitrogens with zero attached hydrogens (tertiary/aromatic N) is 3. The van der Waals surface area contributed by atoms with Crippen molar-refractivity contribution in [2.75, 3.05) is 18.9 Å². The van der Waals surface area contributed by atoms with Crippen LogP contribution in [0.25, 0.3) is 5.65 Å². The molecule has 0 spiro atoms. The Morgan fingerprint density at radius 2 is 2.38 bits per heavy atom. The van der Waals surface area contributed by atoms with Crippen LogP contribution in [0.1, 0.15) is 6.42 Å². The molecule has 0 unspecified atom stereocenters. The zero-order chi connectivity index (χ0) is 11.4. The summed E-state index contributed by atoms with van der Waals surface area (Å²) in [6.07, 6.45) is 3.95. The quantitative estimate of drug-likeness (QED) is 0.774. The average molecular weight is 219 g/mol. The minimum Gasteiger partial charge on any atom is -0.369 e. The van der Waals surface area contributed by atoms with Crippen molar-refractivity contribution in [3.8, 4) is 0 Å². The Morgan fingerprint density at radius 1 is 1.50 bits per heavy atom. The van der Waals surface area contributed by atoms with Crippen LogP contribution in [0, 0.1) is 0 Å². The number of anilines is 1. The number of amides is 1. The number of rotatable bonds is 4. The summed E-state index contributed by atoms with van der Waals surface area (Å²) < 4.78 is 1.68. The van der Waals surface area contributed by atoms with E-state index in [9.17, 15) is 4.79 Å². The highest BCUT2D eigenvalue weighted by Gasteiger charge is 2.00. The molecule has 0 saturated carbocycles. The number of fused-ring (bicyclic) bond motifs is 1. The molecule has 16 heavy (non-hydrogen) atoms. The molecule has 0 aromatic carbocycles. The second-order valence-electron chi connectivity index (χ2n) is 3.30. The van der Waals surface area contributed by atoms with Gasteiger partial charge in [-0.15, -0.1) is 0 Å². The summed E-state index contributed by atoms with van der Waals surface area (Å²) in [4.78, 5) is 15.3. The van der Waals surface area contributed by atoms with E-state index in [2.05, 4.69) is 20.7 Å². The summed E-state index contributed by atoms with van der Waals surface area (Å²) in [5.41, 5.74) is 0.782. The first-order valence-corrected chi connectivity index (χ1v) is 5.04. The van der Waals surface area contributed by atoms with Crippen LogP contribution < -0.4 is 10.6 Å². The Bertz CT molecular complexity index is 493. The number of carbonyl (C=O) groups is 1. The number of aromatic nitrogens is 3. The predicted octanol–water partition coefficient (Wildman–Crippen LogP) is 0.277. The van der Waals surface area contributed by atoms with Gasteiger partial charge in [-0.3, -0.25) is 4.79 Å². The van der Waals surface area contributed by atoms with E-state index < -0.39 is 0 Å². The van der Waals surface area contributed by atoms with Gasteiger partial charge in [-0.2, -0.15) is 5.10 Å². The van der Waals surface area contributed by atoms with Crippen LogP contribution in [0.5, 0.6) is 0 Å². The van der Waals surface area contributed by atoms with Gasteiger partial charge >= 0.3 is 0 Å². The van der Waals surface area contributed by atoms with Crippen molar-refractivity contribution < 1.29 is 4.79 Å². The van der Waals surface area contributed by atoms with Crippen molar-refractivity contribution in [1.82, 2.24) is 19.9 Å². The molecular formula is C10H13N5O. The molecule has 6 nitrogen and oxygen atoms in total. The summed E-state index contributed by atoms with van der Waals surface area (Å²) in [5.74, 6) is 0.759. The zero-order valence-corrected chi connectivity index (χ0v) is 8.97. The molecule has 84 valence electrons. The van der Waals surface area contributed by atoms with Gasteiger partial charge in [0.15, 0.2) is 5.65 Å². The number of hydrogen-bond donors (Lipinski definition) is 2. The van der Waals surface area contributed by atoms with E-state index in [-0.39, 0.29) is 5.91 Å². The molecule has 0 aliphatic heterocycles. The molecule has 2 N–H and O–H groups in total. The van der Waals surface area contributed by atoms with Gasteiger partial charge in [-0.05, 0) is 6.07 Å². The van der Waals surface area contributed by atoms with Gasteiger partial charge in [0.25, 0.3) is 0 Å². The van der Waals surface area contributed by atoms with Crippen molar-refractivity contribution >= 4 is 17.4 Å². The summed E-state index contributed by atoms with van der Waals surface area (Å²) in [6, 6.07) is 3.65. The Labute approximate surface area is 92.7 Å². The van der Waals surface area contributed by atoms with E-state index in [1.807, 2.05) is 18.3 Å². The molecule has 0 aliphatic rings.